The maximum absolute atomic E-state index is 6.27. The lowest BCUT2D eigenvalue weighted by atomic mass is 9.67. The third-order valence-corrected chi connectivity index (χ3v) is 5.73. The topological polar surface area (TPSA) is 26.0 Å². The summed E-state index contributed by atoms with van der Waals surface area (Å²) in [5.41, 5.74) is 15.7. The highest BCUT2D eigenvalue weighted by molar-refractivity contribution is 5.87. The lowest BCUT2D eigenvalue weighted by molar-refractivity contribution is 0.768. The second-order valence-corrected chi connectivity index (χ2v) is 7.34. The van der Waals surface area contributed by atoms with E-state index in [0.29, 0.717) is 0 Å². The molecule has 130 valence electrons. The molecule has 0 heterocycles. The second kappa shape index (κ2) is 5.85. The first-order valence-corrected chi connectivity index (χ1v) is 9.34. The predicted molar refractivity (Wildman–Crippen MR) is 113 cm³/mol. The molecule has 5 rings (SSSR count). The third kappa shape index (κ3) is 2.18. The number of hydrogen-bond donors (Lipinski definition) is 1. The molecule has 0 atom stereocenters. The van der Waals surface area contributed by atoms with Crippen LogP contribution < -0.4 is 5.73 Å². The first-order valence-electron chi connectivity index (χ1n) is 9.34. The van der Waals surface area contributed by atoms with Crippen LogP contribution in [0.1, 0.15) is 27.8 Å². The van der Waals surface area contributed by atoms with Crippen molar-refractivity contribution in [2.24, 2.45) is 0 Å². The van der Waals surface area contributed by atoms with Crippen LogP contribution in [-0.4, -0.2) is 0 Å². The van der Waals surface area contributed by atoms with Crippen LogP contribution in [0.25, 0.3) is 11.1 Å². The zero-order valence-electron chi connectivity index (χ0n) is 15.3. The maximum atomic E-state index is 6.27. The van der Waals surface area contributed by atoms with Gasteiger partial charge in [-0.25, -0.2) is 0 Å². The molecule has 0 saturated carbocycles. The summed E-state index contributed by atoms with van der Waals surface area (Å²) in [5, 5.41) is 0. The predicted octanol–water partition coefficient (Wildman–Crippen LogP) is 5.94. The maximum Gasteiger partial charge on any atom is 0.0714 e. The van der Waals surface area contributed by atoms with Crippen molar-refractivity contribution in [2.45, 2.75) is 12.3 Å². The Hall–Kier alpha value is -3.32. The number of anilines is 1. The number of nitrogens with two attached hydrogens (primary N) is 1. The fraction of sp³-hybridized carbons (Fsp3) is 0.0769. The van der Waals surface area contributed by atoms with E-state index in [9.17, 15) is 0 Å². The van der Waals surface area contributed by atoms with Crippen molar-refractivity contribution in [1.82, 2.24) is 0 Å². The molecule has 0 aliphatic heterocycles. The zero-order chi connectivity index (χ0) is 18.4. The van der Waals surface area contributed by atoms with E-state index in [2.05, 4.69) is 97.9 Å². The third-order valence-electron chi connectivity index (χ3n) is 5.73. The van der Waals surface area contributed by atoms with Gasteiger partial charge >= 0.3 is 0 Å². The van der Waals surface area contributed by atoms with E-state index in [1.165, 1.54) is 38.9 Å². The molecule has 4 aromatic carbocycles. The highest BCUT2D eigenvalue weighted by Crippen LogP contribution is 2.56. The minimum Gasteiger partial charge on any atom is -0.399 e. The van der Waals surface area contributed by atoms with E-state index in [-0.39, 0.29) is 5.41 Å². The molecule has 1 aliphatic carbocycles. The summed E-state index contributed by atoms with van der Waals surface area (Å²) in [6.07, 6.45) is 0. The molecule has 1 heteroatoms. The van der Waals surface area contributed by atoms with E-state index in [1.807, 2.05) is 6.07 Å². The van der Waals surface area contributed by atoms with E-state index >= 15 is 0 Å². The fourth-order valence-corrected chi connectivity index (χ4v) is 4.62. The number of rotatable bonds is 2. The fourth-order valence-electron chi connectivity index (χ4n) is 4.62. The van der Waals surface area contributed by atoms with Crippen molar-refractivity contribution in [3.05, 3.63) is 125 Å². The first-order chi connectivity index (χ1) is 13.2. The van der Waals surface area contributed by atoms with E-state index in [0.717, 1.165) is 5.69 Å². The number of aryl methyl sites for hydroxylation is 1. The standard InChI is InChI=1S/C26H21N/c1-18-12-14-22-23-15-13-21(27)17-25(23)26(24(22)16-18,19-8-4-2-5-9-19)20-10-6-3-7-11-20/h2-17H,27H2,1H3. The molecule has 0 bridgehead atoms. The molecule has 1 nitrogen and oxygen atoms in total. The molecular weight excluding hydrogens is 326 g/mol. The van der Waals surface area contributed by atoms with Crippen molar-refractivity contribution in [2.75, 3.05) is 5.73 Å². The van der Waals surface area contributed by atoms with Gasteiger partial charge < -0.3 is 5.73 Å². The lowest BCUT2D eigenvalue weighted by Gasteiger charge is -2.34. The van der Waals surface area contributed by atoms with Gasteiger partial charge in [-0.3, -0.25) is 0 Å². The number of hydrogen-bond acceptors (Lipinski definition) is 1. The Morgan fingerprint density at radius 1 is 0.593 bits per heavy atom. The Balaban J connectivity index is 2.00. The van der Waals surface area contributed by atoms with E-state index in [4.69, 9.17) is 5.73 Å². The van der Waals surface area contributed by atoms with Gasteiger partial charge in [0, 0.05) is 5.69 Å². The number of benzene rings is 4. The van der Waals surface area contributed by atoms with Gasteiger partial charge in [-0.1, -0.05) is 90.5 Å². The highest BCUT2D eigenvalue weighted by atomic mass is 14.6. The molecule has 0 spiro atoms. The van der Waals surface area contributed by atoms with Crippen molar-refractivity contribution in [1.29, 1.82) is 0 Å². The Kier molecular flexibility index (Phi) is 3.45. The van der Waals surface area contributed by atoms with Gasteiger partial charge in [0.2, 0.25) is 0 Å². The molecule has 2 N–H and O–H groups in total. The highest BCUT2D eigenvalue weighted by Gasteiger charge is 2.46. The Labute approximate surface area is 160 Å². The molecule has 0 fully saturated rings. The monoisotopic (exact) mass is 347 g/mol. The van der Waals surface area contributed by atoms with Crippen LogP contribution in [0.2, 0.25) is 0 Å². The van der Waals surface area contributed by atoms with Crippen LogP contribution >= 0.6 is 0 Å². The Morgan fingerprint density at radius 3 is 1.70 bits per heavy atom. The zero-order valence-corrected chi connectivity index (χ0v) is 15.3. The average molecular weight is 347 g/mol. The van der Waals surface area contributed by atoms with Crippen LogP contribution in [0, 0.1) is 6.92 Å². The largest absolute Gasteiger partial charge is 0.399 e. The first kappa shape index (κ1) is 15.9. The molecule has 0 amide bonds. The summed E-state index contributed by atoms with van der Waals surface area (Å²) >= 11 is 0. The Morgan fingerprint density at radius 2 is 1.11 bits per heavy atom. The van der Waals surface area contributed by atoms with E-state index < -0.39 is 0 Å². The van der Waals surface area contributed by atoms with Gasteiger partial charge in [0.1, 0.15) is 0 Å². The normalized spacial score (nSPS) is 13.8. The minimum absolute atomic E-state index is 0.353. The van der Waals surface area contributed by atoms with Crippen molar-refractivity contribution >= 4 is 5.69 Å². The molecule has 0 radical (unpaired) electrons. The van der Waals surface area contributed by atoms with E-state index in [1.54, 1.807) is 0 Å². The summed E-state index contributed by atoms with van der Waals surface area (Å²) < 4.78 is 0. The Bertz CT molecular complexity index is 1030. The summed E-state index contributed by atoms with van der Waals surface area (Å²) in [6, 6.07) is 34.7. The second-order valence-electron chi connectivity index (χ2n) is 7.34. The van der Waals surface area contributed by atoms with Crippen LogP contribution in [0.4, 0.5) is 5.69 Å². The SMILES string of the molecule is Cc1ccc2c(c1)C(c1ccccc1)(c1ccccc1)c1cc(N)ccc1-2. The van der Waals surface area contributed by atoms with Gasteiger partial charge in [0.25, 0.3) is 0 Å². The number of nitrogen functional groups attached to an aromatic ring is 1. The van der Waals surface area contributed by atoms with Crippen LogP contribution in [0.15, 0.2) is 97.1 Å². The van der Waals surface area contributed by atoms with Gasteiger partial charge in [0.05, 0.1) is 5.41 Å². The van der Waals surface area contributed by atoms with Crippen LogP contribution in [0.5, 0.6) is 0 Å². The smallest absolute Gasteiger partial charge is 0.0714 e. The van der Waals surface area contributed by atoms with Gasteiger partial charge in [-0.15, -0.1) is 0 Å². The summed E-state index contributed by atoms with van der Waals surface area (Å²) in [6.45, 7) is 2.17. The molecule has 1 aliphatic rings. The van der Waals surface area contributed by atoms with Crippen molar-refractivity contribution in [3.8, 4) is 11.1 Å². The molecule has 4 aromatic rings. The van der Waals surface area contributed by atoms with Gasteiger partial charge in [-0.2, -0.15) is 0 Å². The summed E-state index contributed by atoms with van der Waals surface area (Å²) in [5.74, 6) is 0. The molecule has 0 aromatic heterocycles. The van der Waals surface area contributed by atoms with Crippen LogP contribution in [0.3, 0.4) is 0 Å². The van der Waals surface area contributed by atoms with Gasteiger partial charge in [0.15, 0.2) is 0 Å². The van der Waals surface area contributed by atoms with Crippen LogP contribution in [-0.2, 0) is 5.41 Å². The summed E-state index contributed by atoms with van der Waals surface area (Å²) in [7, 11) is 0. The lowest BCUT2D eigenvalue weighted by Crippen LogP contribution is -2.28. The van der Waals surface area contributed by atoms with Gasteiger partial charge in [-0.05, 0) is 52.4 Å². The van der Waals surface area contributed by atoms with Crippen molar-refractivity contribution < 1.29 is 0 Å². The molecule has 0 saturated heterocycles. The molecule has 27 heavy (non-hydrogen) atoms. The quantitative estimate of drug-likeness (QED) is 0.393. The molecule has 0 unspecified atom stereocenters. The minimum atomic E-state index is -0.353. The summed E-state index contributed by atoms with van der Waals surface area (Å²) in [4.78, 5) is 0. The average Bonchev–Trinajstić information content (AvgIpc) is 2.99. The van der Waals surface area contributed by atoms with Crippen molar-refractivity contribution in [3.63, 3.8) is 0 Å². The number of fused-ring (bicyclic) bond motifs is 3. The molecular formula is C26H21N.